The lowest BCUT2D eigenvalue weighted by Crippen LogP contribution is -2.46. The lowest BCUT2D eigenvalue weighted by atomic mass is 10.0. The number of hydrazine groups is 1. The third kappa shape index (κ3) is 4.48. The molecule has 0 saturated carbocycles. The first-order chi connectivity index (χ1) is 9.15. The first-order valence-electron chi connectivity index (χ1n) is 7.07. The molecule has 1 saturated heterocycles. The summed E-state index contributed by atoms with van der Waals surface area (Å²) in [5.74, 6) is 0.562. The van der Waals surface area contributed by atoms with E-state index < -0.39 is 0 Å². The van der Waals surface area contributed by atoms with E-state index in [2.05, 4.69) is 53.9 Å². The van der Waals surface area contributed by atoms with Gasteiger partial charge in [0.2, 0.25) is 0 Å². The third-order valence-electron chi connectivity index (χ3n) is 3.45. The molecule has 0 aromatic heterocycles. The summed E-state index contributed by atoms with van der Waals surface area (Å²) in [6.45, 7) is 6.55. The summed E-state index contributed by atoms with van der Waals surface area (Å²) in [7, 11) is 0. The fourth-order valence-corrected chi connectivity index (χ4v) is 2.51. The number of anilines is 1. The van der Waals surface area contributed by atoms with Crippen molar-refractivity contribution in [2.45, 2.75) is 39.0 Å². The van der Waals surface area contributed by atoms with Crippen LogP contribution in [-0.2, 0) is 0 Å². The number of hydrogen-bond acceptors (Lipinski definition) is 2. The molecule has 1 fully saturated rings. The number of thiocarbonyl (C=S) groups is 1. The van der Waals surface area contributed by atoms with Gasteiger partial charge in [-0.2, -0.15) is 0 Å². The molecule has 104 valence electrons. The minimum Gasteiger partial charge on any atom is -0.332 e. The Kier molecular flexibility index (Phi) is 5.16. The van der Waals surface area contributed by atoms with Gasteiger partial charge < -0.3 is 5.32 Å². The van der Waals surface area contributed by atoms with E-state index >= 15 is 0 Å². The number of nitrogens with zero attached hydrogens (tertiary/aromatic N) is 1. The zero-order chi connectivity index (χ0) is 13.7. The van der Waals surface area contributed by atoms with Gasteiger partial charge in [0.25, 0.3) is 0 Å². The van der Waals surface area contributed by atoms with Gasteiger partial charge >= 0.3 is 0 Å². The molecular formula is C15H23N3S. The van der Waals surface area contributed by atoms with Crippen LogP contribution in [0.4, 0.5) is 5.69 Å². The summed E-state index contributed by atoms with van der Waals surface area (Å²) in [6.07, 6.45) is 3.83. The monoisotopic (exact) mass is 277 g/mol. The lowest BCUT2D eigenvalue weighted by Gasteiger charge is -2.28. The van der Waals surface area contributed by atoms with E-state index in [1.165, 1.54) is 24.8 Å². The van der Waals surface area contributed by atoms with Crippen molar-refractivity contribution >= 4 is 23.0 Å². The first kappa shape index (κ1) is 14.3. The highest BCUT2D eigenvalue weighted by molar-refractivity contribution is 7.80. The van der Waals surface area contributed by atoms with Gasteiger partial charge in [0, 0.05) is 18.8 Å². The van der Waals surface area contributed by atoms with E-state index in [0.29, 0.717) is 11.0 Å². The van der Waals surface area contributed by atoms with Crippen LogP contribution in [-0.4, -0.2) is 23.2 Å². The Bertz CT molecular complexity index is 408. The highest BCUT2D eigenvalue weighted by atomic mass is 32.1. The van der Waals surface area contributed by atoms with Gasteiger partial charge in [0.05, 0.1) is 0 Å². The molecule has 0 spiro atoms. The topological polar surface area (TPSA) is 27.3 Å². The Morgan fingerprint density at radius 1 is 1.11 bits per heavy atom. The van der Waals surface area contributed by atoms with Gasteiger partial charge in [0.1, 0.15) is 0 Å². The van der Waals surface area contributed by atoms with Gasteiger partial charge in [0.15, 0.2) is 5.11 Å². The van der Waals surface area contributed by atoms with Crippen LogP contribution in [0, 0.1) is 0 Å². The van der Waals surface area contributed by atoms with Crippen LogP contribution in [0.1, 0.15) is 44.6 Å². The molecule has 2 rings (SSSR count). The van der Waals surface area contributed by atoms with Gasteiger partial charge in [-0.3, -0.25) is 5.43 Å². The Hall–Kier alpha value is -1.13. The second-order valence-electron chi connectivity index (χ2n) is 5.39. The summed E-state index contributed by atoms with van der Waals surface area (Å²) in [4.78, 5) is 0. The van der Waals surface area contributed by atoms with E-state index in [1.807, 2.05) is 0 Å². The Labute approximate surface area is 121 Å². The minimum atomic E-state index is 0.562. The van der Waals surface area contributed by atoms with Crippen molar-refractivity contribution in [3.05, 3.63) is 29.8 Å². The molecule has 19 heavy (non-hydrogen) atoms. The van der Waals surface area contributed by atoms with Crippen molar-refractivity contribution in [2.24, 2.45) is 0 Å². The molecule has 4 heteroatoms. The van der Waals surface area contributed by atoms with Gasteiger partial charge in [-0.15, -0.1) is 0 Å². The fourth-order valence-electron chi connectivity index (χ4n) is 2.26. The first-order valence-corrected chi connectivity index (χ1v) is 7.48. The van der Waals surface area contributed by atoms with Crippen LogP contribution in [0.5, 0.6) is 0 Å². The Morgan fingerprint density at radius 2 is 1.74 bits per heavy atom. The molecule has 0 bridgehead atoms. The van der Waals surface area contributed by atoms with Crippen molar-refractivity contribution in [3.8, 4) is 0 Å². The molecule has 1 aliphatic rings. The van der Waals surface area contributed by atoms with Crippen molar-refractivity contribution in [2.75, 3.05) is 18.4 Å². The molecule has 0 atom stereocenters. The summed E-state index contributed by atoms with van der Waals surface area (Å²) in [6, 6.07) is 8.46. The van der Waals surface area contributed by atoms with E-state index in [4.69, 9.17) is 12.2 Å². The maximum atomic E-state index is 5.34. The Morgan fingerprint density at radius 3 is 2.32 bits per heavy atom. The van der Waals surface area contributed by atoms with Gasteiger partial charge in [-0.25, -0.2) is 5.01 Å². The largest absolute Gasteiger partial charge is 0.332 e. The molecule has 0 radical (unpaired) electrons. The molecule has 0 amide bonds. The van der Waals surface area contributed by atoms with Crippen molar-refractivity contribution in [1.29, 1.82) is 0 Å². The average molecular weight is 277 g/mol. The molecule has 1 heterocycles. The number of nitrogens with one attached hydrogen (secondary N) is 2. The lowest BCUT2D eigenvalue weighted by molar-refractivity contribution is 0.196. The van der Waals surface area contributed by atoms with E-state index in [0.717, 1.165) is 18.8 Å². The van der Waals surface area contributed by atoms with Crippen LogP contribution in [0.3, 0.4) is 0 Å². The number of rotatable bonds is 3. The van der Waals surface area contributed by atoms with Crippen LogP contribution in [0.2, 0.25) is 0 Å². The highest BCUT2D eigenvalue weighted by Gasteiger charge is 2.10. The van der Waals surface area contributed by atoms with E-state index in [-0.39, 0.29) is 0 Å². The van der Waals surface area contributed by atoms with Crippen LogP contribution >= 0.6 is 12.2 Å². The highest BCUT2D eigenvalue weighted by Crippen LogP contribution is 2.17. The normalized spacial score (nSPS) is 16.4. The van der Waals surface area contributed by atoms with E-state index in [1.54, 1.807) is 0 Å². The van der Waals surface area contributed by atoms with Crippen molar-refractivity contribution < 1.29 is 0 Å². The van der Waals surface area contributed by atoms with Gasteiger partial charge in [-0.05, 0) is 48.7 Å². The SMILES string of the molecule is CC(C)c1ccc(NC(=S)NN2CCCCC2)cc1. The quantitative estimate of drug-likeness (QED) is 0.827. The van der Waals surface area contributed by atoms with Crippen molar-refractivity contribution in [1.82, 2.24) is 10.4 Å². The van der Waals surface area contributed by atoms with Crippen LogP contribution in [0.25, 0.3) is 0 Å². The maximum absolute atomic E-state index is 5.34. The molecule has 1 aromatic rings. The Balaban J connectivity index is 1.84. The minimum absolute atomic E-state index is 0.562. The molecule has 0 aliphatic carbocycles. The number of piperidine rings is 1. The fraction of sp³-hybridized carbons (Fsp3) is 0.533. The average Bonchev–Trinajstić information content (AvgIpc) is 2.40. The summed E-state index contributed by atoms with van der Waals surface area (Å²) < 4.78 is 0. The smallest absolute Gasteiger partial charge is 0.185 e. The number of hydrogen-bond donors (Lipinski definition) is 2. The number of benzene rings is 1. The summed E-state index contributed by atoms with van der Waals surface area (Å²) >= 11 is 5.34. The predicted octanol–water partition coefficient (Wildman–Crippen LogP) is 3.50. The molecular weight excluding hydrogens is 254 g/mol. The summed E-state index contributed by atoms with van der Waals surface area (Å²) in [5, 5.41) is 6.11. The van der Waals surface area contributed by atoms with Crippen LogP contribution in [0.15, 0.2) is 24.3 Å². The standard InChI is InChI=1S/C15H23N3S/c1-12(2)13-6-8-14(9-7-13)16-15(19)17-18-10-4-3-5-11-18/h6-9,12H,3-5,10-11H2,1-2H3,(H2,16,17,19). The third-order valence-corrected chi connectivity index (χ3v) is 3.64. The second kappa shape index (κ2) is 6.87. The molecule has 0 unspecified atom stereocenters. The zero-order valence-corrected chi connectivity index (χ0v) is 12.6. The zero-order valence-electron chi connectivity index (χ0n) is 11.8. The molecule has 3 nitrogen and oxygen atoms in total. The summed E-state index contributed by atoms with van der Waals surface area (Å²) in [5.41, 5.74) is 5.65. The molecule has 1 aromatic carbocycles. The predicted molar refractivity (Wildman–Crippen MR) is 85.3 cm³/mol. The van der Waals surface area contributed by atoms with Crippen LogP contribution < -0.4 is 10.7 Å². The molecule has 2 N–H and O–H groups in total. The second-order valence-corrected chi connectivity index (χ2v) is 5.80. The molecule has 1 aliphatic heterocycles. The van der Waals surface area contributed by atoms with E-state index in [9.17, 15) is 0 Å². The maximum Gasteiger partial charge on any atom is 0.185 e. The van der Waals surface area contributed by atoms with Gasteiger partial charge in [-0.1, -0.05) is 32.4 Å². The van der Waals surface area contributed by atoms with Crippen molar-refractivity contribution in [3.63, 3.8) is 0 Å².